The Labute approximate surface area is 167 Å². The standard InChI is InChI=1S/C22H21FN2O4/c1-12-4-6-13(7-5-12)18-16-17(22(2,24-18)21(28)29-3)20(27)25(19(16)26)15-10-8-14(23)9-11-15/h4-11,16-18,24H,1-3H3. The van der Waals surface area contributed by atoms with E-state index < -0.39 is 47.0 Å². The number of anilines is 1. The Hall–Kier alpha value is -3.06. The minimum absolute atomic E-state index is 0.283. The summed E-state index contributed by atoms with van der Waals surface area (Å²) in [6.45, 7) is 3.54. The number of aryl methyl sites for hydroxylation is 1. The SMILES string of the molecule is COC(=O)C1(C)NC(c2ccc(C)cc2)C2C(=O)N(c3ccc(F)cc3)C(=O)C21. The molecule has 2 aliphatic heterocycles. The lowest BCUT2D eigenvalue weighted by Crippen LogP contribution is -2.54. The summed E-state index contributed by atoms with van der Waals surface area (Å²) in [6, 6.07) is 12.2. The topological polar surface area (TPSA) is 75.7 Å². The van der Waals surface area contributed by atoms with E-state index in [-0.39, 0.29) is 5.69 Å². The molecule has 0 radical (unpaired) electrons. The first-order valence-electron chi connectivity index (χ1n) is 9.34. The number of benzene rings is 2. The summed E-state index contributed by atoms with van der Waals surface area (Å²) < 4.78 is 18.3. The van der Waals surface area contributed by atoms with Crippen molar-refractivity contribution in [3.63, 3.8) is 0 Å². The van der Waals surface area contributed by atoms with E-state index in [4.69, 9.17) is 4.74 Å². The van der Waals surface area contributed by atoms with Gasteiger partial charge in [-0.05, 0) is 43.7 Å². The zero-order valence-electron chi connectivity index (χ0n) is 16.3. The number of carbonyl (C=O) groups excluding carboxylic acids is 3. The number of halogens is 1. The molecule has 2 saturated heterocycles. The number of hydrogen-bond donors (Lipinski definition) is 1. The van der Waals surface area contributed by atoms with Crippen molar-refractivity contribution in [3.8, 4) is 0 Å². The molecule has 6 nitrogen and oxygen atoms in total. The lowest BCUT2D eigenvalue weighted by atomic mass is 9.80. The van der Waals surface area contributed by atoms with E-state index in [1.54, 1.807) is 6.92 Å². The first-order valence-corrected chi connectivity index (χ1v) is 9.34. The predicted molar refractivity (Wildman–Crippen MR) is 103 cm³/mol. The molecule has 2 heterocycles. The Balaban J connectivity index is 1.81. The molecular weight excluding hydrogens is 375 g/mol. The van der Waals surface area contributed by atoms with Gasteiger partial charge in [-0.25, -0.2) is 9.29 Å². The molecule has 0 aromatic heterocycles. The number of hydrogen-bond acceptors (Lipinski definition) is 5. The molecular formula is C22H21FN2O4. The average Bonchev–Trinajstić information content (AvgIpc) is 3.17. The van der Waals surface area contributed by atoms with E-state index in [2.05, 4.69) is 5.32 Å². The molecule has 4 atom stereocenters. The summed E-state index contributed by atoms with van der Waals surface area (Å²) in [7, 11) is 1.25. The lowest BCUT2D eigenvalue weighted by molar-refractivity contribution is -0.151. The van der Waals surface area contributed by atoms with E-state index in [1.807, 2.05) is 31.2 Å². The second-order valence-electron chi connectivity index (χ2n) is 7.72. The number of rotatable bonds is 3. The van der Waals surface area contributed by atoms with E-state index in [9.17, 15) is 18.8 Å². The lowest BCUT2D eigenvalue weighted by Gasteiger charge is -2.28. The minimum Gasteiger partial charge on any atom is -0.468 e. The van der Waals surface area contributed by atoms with Crippen LogP contribution in [0.4, 0.5) is 10.1 Å². The highest BCUT2D eigenvalue weighted by molar-refractivity contribution is 6.24. The van der Waals surface area contributed by atoms with Crippen LogP contribution in [0.3, 0.4) is 0 Å². The molecule has 1 N–H and O–H groups in total. The van der Waals surface area contributed by atoms with Crippen LogP contribution in [0.5, 0.6) is 0 Å². The van der Waals surface area contributed by atoms with Gasteiger partial charge < -0.3 is 4.74 Å². The van der Waals surface area contributed by atoms with Crippen LogP contribution in [0.2, 0.25) is 0 Å². The predicted octanol–water partition coefficient (Wildman–Crippen LogP) is 2.52. The number of ether oxygens (including phenoxy) is 1. The molecule has 4 rings (SSSR count). The highest BCUT2D eigenvalue weighted by Crippen LogP contribution is 2.49. The number of esters is 1. The van der Waals surface area contributed by atoms with Gasteiger partial charge >= 0.3 is 5.97 Å². The molecule has 2 aromatic carbocycles. The van der Waals surface area contributed by atoms with Gasteiger partial charge in [0.2, 0.25) is 11.8 Å². The maximum Gasteiger partial charge on any atom is 0.326 e. The Kier molecular flexibility index (Phi) is 4.50. The van der Waals surface area contributed by atoms with E-state index in [0.717, 1.165) is 16.0 Å². The number of methoxy groups -OCH3 is 1. The second-order valence-corrected chi connectivity index (χ2v) is 7.72. The van der Waals surface area contributed by atoms with Gasteiger partial charge in [0.1, 0.15) is 11.4 Å². The van der Waals surface area contributed by atoms with Crippen molar-refractivity contribution < 1.29 is 23.5 Å². The molecule has 4 unspecified atom stereocenters. The number of fused-ring (bicyclic) bond motifs is 1. The Morgan fingerprint density at radius 1 is 1.07 bits per heavy atom. The van der Waals surface area contributed by atoms with Gasteiger partial charge in [-0.1, -0.05) is 29.8 Å². The summed E-state index contributed by atoms with van der Waals surface area (Å²) in [5.74, 6) is -3.70. The minimum atomic E-state index is -1.36. The summed E-state index contributed by atoms with van der Waals surface area (Å²) >= 11 is 0. The van der Waals surface area contributed by atoms with Gasteiger partial charge in [-0.2, -0.15) is 0 Å². The molecule has 7 heteroatoms. The van der Waals surface area contributed by atoms with Crippen LogP contribution in [0, 0.1) is 24.6 Å². The van der Waals surface area contributed by atoms with Crippen molar-refractivity contribution in [2.24, 2.45) is 11.8 Å². The fraction of sp³-hybridized carbons (Fsp3) is 0.318. The third-order valence-corrected chi connectivity index (χ3v) is 5.92. The molecule has 150 valence electrons. The fourth-order valence-electron chi connectivity index (χ4n) is 4.44. The monoisotopic (exact) mass is 396 g/mol. The average molecular weight is 396 g/mol. The van der Waals surface area contributed by atoms with Crippen molar-refractivity contribution in [1.82, 2.24) is 5.32 Å². The summed E-state index contributed by atoms with van der Waals surface area (Å²) in [6.07, 6.45) is 0. The zero-order valence-corrected chi connectivity index (χ0v) is 16.3. The van der Waals surface area contributed by atoms with Gasteiger partial charge in [0.05, 0.1) is 24.6 Å². The van der Waals surface area contributed by atoms with Gasteiger partial charge in [-0.3, -0.25) is 19.7 Å². The van der Waals surface area contributed by atoms with Crippen LogP contribution in [-0.4, -0.2) is 30.4 Å². The van der Waals surface area contributed by atoms with Crippen molar-refractivity contribution in [3.05, 3.63) is 65.5 Å². The molecule has 2 fully saturated rings. The smallest absolute Gasteiger partial charge is 0.326 e. The maximum absolute atomic E-state index is 13.4. The molecule has 2 aromatic rings. The highest BCUT2D eigenvalue weighted by Gasteiger charge is 2.67. The molecule has 0 aliphatic carbocycles. The van der Waals surface area contributed by atoms with Crippen molar-refractivity contribution in [2.45, 2.75) is 25.4 Å². The third kappa shape index (κ3) is 2.84. The van der Waals surface area contributed by atoms with Crippen LogP contribution in [-0.2, 0) is 19.1 Å². The summed E-state index contributed by atoms with van der Waals surface area (Å²) in [5, 5.41) is 3.19. The first kappa shape index (κ1) is 19.3. The zero-order chi connectivity index (χ0) is 20.9. The molecule has 0 spiro atoms. The number of nitrogens with zero attached hydrogens (tertiary/aromatic N) is 1. The van der Waals surface area contributed by atoms with Crippen molar-refractivity contribution in [1.29, 1.82) is 0 Å². The van der Waals surface area contributed by atoms with Gasteiger partial charge in [0, 0.05) is 6.04 Å². The number of carbonyl (C=O) groups is 3. The molecule has 29 heavy (non-hydrogen) atoms. The molecule has 0 bridgehead atoms. The summed E-state index contributed by atoms with van der Waals surface area (Å²) in [5.41, 5.74) is 0.781. The van der Waals surface area contributed by atoms with Crippen LogP contribution < -0.4 is 10.2 Å². The van der Waals surface area contributed by atoms with Crippen LogP contribution in [0.25, 0.3) is 0 Å². The number of nitrogens with one attached hydrogen (secondary N) is 1. The quantitative estimate of drug-likeness (QED) is 0.637. The van der Waals surface area contributed by atoms with Crippen molar-refractivity contribution in [2.75, 3.05) is 12.0 Å². The maximum atomic E-state index is 13.4. The van der Waals surface area contributed by atoms with Crippen LogP contribution in [0.15, 0.2) is 48.5 Å². The Morgan fingerprint density at radius 2 is 1.69 bits per heavy atom. The third-order valence-electron chi connectivity index (χ3n) is 5.92. The Bertz CT molecular complexity index is 989. The number of imide groups is 1. The van der Waals surface area contributed by atoms with E-state index in [0.29, 0.717) is 0 Å². The van der Waals surface area contributed by atoms with Gasteiger partial charge in [0.25, 0.3) is 0 Å². The van der Waals surface area contributed by atoms with E-state index in [1.165, 1.54) is 31.4 Å². The molecule has 2 amide bonds. The van der Waals surface area contributed by atoms with Gasteiger partial charge in [0.15, 0.2) is 0 Å². The Morgan fingerprint density at radius 3 is 2.28 bits per heavy atom. The molecule has 0 saturated carbocycles. The highest BCUT2D eigenvalue weighted by atomic mass is 19.1. The fourth-order valence-corrected chi connectivity index (χ4v) is 4.44. The van der Waals surface area contributed by atoms with Crippen molar-refractivity contribution >= 4 is 23.5 Å². The van der Waals surface area contributed by atoms with Crippen LogP contribution >= 0.6 is 0 Å². The molecule has 2 aliphatic rings. The summed E-state index contributed by atoms with van der Waals surface area (Å²) in [4.78, 5) is 40.4. The second kappa shape index (κ2) is 6.77. The van der Waals surface area contributed by atoms with Crippen LogP contribution in [0.1, 0.15) is 24.1 Å². The van der Waals surface area contributed by atoms with E-state index >= 15 is 0 Å². The largest absolute Gasteiger partial charge is 0.468 e. The number of amides is 2. The normalized spacial score (nSPS) is 28.6. The van der Waals surface area contributed by atoms with Gasteiger partial charge in [-0.15, -0.1) is 0 Å². The first-order chi connectivity index (χ1) is 13.8.